The Bertz CT molecular complexity index is 1270. The highest BCUT2D eigenvalue weighted by Crippen LogP contribution is 2.32. The molecule has 0 unspecified atom stereocenters. The van der Waals surface area contributed by atoms with E-state index in [0.717, 1.165) is 9.87 Å². The topological polar surface area (TPSA) is 84.9 Å². The van der Waals surface area contributed by atoms with E-state index < -0.39 is 28.5 Å². The number of hydrogen-bond donors (Lipinski definition) is 1. The first-order valence-electron chi connectivity index (χ1n) is 10.5. The number of nitrogens with zero attached hydrogens (tertiary/aromatic N) is 1. The zero-order valence-corrected chi connectivity index (χ0v) is 21.0. The summed E-state index contributed by atoms with van der Waals surface area (Å²) in [5.74, 6) is 0.631. The third-order valence-corrected chi connectivity index (χ3v) is 7.59. The van der Waals surface area contributed by atoms with Gasteiger partial charge in [-0.2, -0.15) is 0 Å². The number of nitrogens with one attached hydrogen (secondary N) is 1. The molecule has 3 aromatic rings. The second-order valence-electron chi connectivity index (χ2n) is 7.61. The summed E-state index contributed by atoms with van der Waals surface area (Å²) >= 11 is 6.26. The van der Waals surface area contributed by atoms with Crippen molar-refractivity contribution in [1.82, 2.24) is 5.32 Å². The molecule has 0 aromatic heterocycles. The zero-order valence-electron chi connectivity index (χ0n) is 19.4. The quantitative estimate of drug-likeness (QED) is 0.457. The molecule has 0 bridgehead atoms. The molecule has 180 valence electrons. The predicted octanol–water partition coefficient (Wildman–Crippen LogP) is 4.74. The van der Waals surface area contributed by atoms with Crippen molar-refractivity contribution in [2.45, 2.75) is 24.8 Å². The number of carbonyl (C=O) groups excluding carboxylic acids is 1. The molecule has 1 atom stereocenters. The van der Waals surface area contributed by atoms with Crippen molar-refractivity contribution in [2.24, 2.45) is 0 Å². The molecule has 0 aliphatic heterocycles. The Hall–Kier alpha value is -3.23. The van der Waals surface area contributed by atoms with Crippen molar-refractivity contribution in [3.8, 4) is 11.5 Å². The third-order valence-electron chi connectivity index (χ3n) is 5.41. The molecule has 0 aliphatic carbocycles. The maximum atomic E-state index is 13.5. The van der Waals surface area contributed by atoms with Crippen LogP contribution >= 0.6 is 11.6 Å². The van der Waals surface area contributed by atoms with E-state index in [1.165, 1.54) is 19.2 Å². The standard InChI is InChI=1S/C25H27ClN2O5S/c1-17-21(26)11-8-12-22(17)28(34(30,31)20-9-6-5-7-10-20)16-25(29)27-18(2)19-13-14-23(32-3)24(15-19)33-4/h5-15,18H,16H2,1-4H3,(H,27,29)/t18-/m1/s1. The van der Waals surface area contributed by atoms with Crippen LogP contribution in [0, 0.1) is 6.92 Å². The minimum Gasteiger partial charge on any atom is -0.493 e. The summed E-state index contributed by atoms with van der Waals surface area (Å²) in [6.07, 6.45) is 0. The van der Waals surface area contributed by atoms with Gasteiger partial charge in [0, 0.05) is 5.02 Å². The van der Waals surface area contributed by atoms with Gasteiger partial charge in [0.25, 0.3) is 10.0 Å². The van der Waals surface area contributed by atoms with Gasteiger partial charge in [0.15, 0.2) is 11.5 Å². The van der Waals surface area contributed by atoms with Crippen LogP contribution in [0.15, 0.2) is 71.6 Å². The lowest BCUT2D eigenvalue weighted by atomic mass is 10.1. The smallest absolute Gasteiger partial charge is 0.264 e. The molecule has 7 nitrogen and oxygen atoms in total. The SMILES string of the molecule is COc1ccc([C@@H](C)NC(=O)CN(c2cccc(Cl)c2C)S(=O)(=O)c2ccccc2)cc1OC. The molecule has 1 amide bonds. The van der Waals surface area contributed by atoms with Gasteiger partial charge in [0.1, 0.15) is 6.54 Å². The van der Waals surface area contributed by atoms with E-state index in [4.69, 9.17) is 21.1 Å². The fraction of sp³-hybridized carbons (Fsp3) is 0.240. The van der Waals surface area contributed by atoms with Gasteiger partial charge in [-0.25, -0.2) is 8.42 Å². The molecule has 0 radical (unpaired) electrons. The van der Waals surface area contributed by atoms with Crippen molar-refractivity contribution in [1.29, 1.82) is 0 Å². The molecule has 0 saturated heterocycles. The van der Waals surface area contributed by atoms with Crippen LogP contribution in [0.25, 0.3) is 0 Å². The monoisotopic (exact) mass is 502 g/mol. The number of hydrogen-bond acceptors (Lipinski definition) is 5. The van der Waals surface area contributed by atoms with Crippen molar-refractivity contribution in [2.75, 3.05) is 25.1 Å². The molecule has 34 heavy (non-hydrogen) atoms. The van der Waals surface area contributed by atoms with E-state index in [9.17, 15) is 13.2 Å². The van der Waals surface area contributed by atoms with Crippen molar-refractivity contribution in [3.63, 3.8) is 0 Å². The Kier molecular flexibility index (Phi) is 8.06. The molecule has 0 aliphatic rings. The predicted molar refractivity (Wildman–Crippen MR) is 133 cm³/mol. The Morgan fingerprint density at radius 2 is 1.68 bits per heavy atom. The van der Waals surface area contributed by atoms with E-state index >= 15 is 0 Å². The summed E-state index contributed by atoms with van der Waals surface area (Å²) in [6.45, 7) is 3.10. The Morgan fingerprint density at radius 1 is 1.00 bits per heavy atom. The maximum absolute atomic E-state index is 13.5. The van der Waals surface area contributed by atoms with Crippen LogP contribution in [0.4, 0.5) is 5.69 Å². The van der Waals surface area contributed by atoms with Crippen LogP contribution in [0.5, 0.6) is 11.5 Å². The summed E-state index contributed by atoms with van der Waals surface area (Å²) in [6, 6.07) is 17.9. The molecule has 0 saturated carbocycles. The maximum Gasteiger partial charge on any atom is 0.264 e. The van der Waals surface area contributed by atoms with Crippen LogP contribution in [0.2, 0.25) is 5.02 Å². The lowest BCUT2D eigenvalue weighted by molar-refractivity contribution is -0.120. The van der Waals surface area contributed by atoms with Crippen LogP contribution in [-0.4, -0.2) is 35.1 Å². The molecule has 0 spiro atoms. The van der Waals surface area contributed by atoms with E-state index in [2.05, 4.69) is 5.32 Å². The van der Waals surface area contributed by atoms with E-state index in [1.54, 1.807) is 69.5 Å². The number of methoxy groups -OCH3 is 2. The number of halogens is 1. The number of sulfonamides is 1. The fourth-order valence-electron chi connectivity index (χ4n) is 3.51. The minimum atomic E-state index is -4.03. The number of ether oxygens (including phenoxy) is 2. The highest BCUT2D eigenvalue weighted by atomic mass is 35.5. The van der Waals surface area contributed by atoms with Crippen molar-refractivity contribution >= 4 is 33.2 Å². The number of benzene rings is 3. The summed E-state index contributed by atoms with van der Waals surface area (Å²) in [5.41, 5.74) is 1.68. The lowest BCUT2D eigenvalue weighted by Gasteiger charge is -2.27. The Labute approximate surface area is 205 Å². The Morgan fingerprint density at radius 3 is 2.32 bits per heavy atom. The highest BCUT2D eigenvalue weighted by Gasteiger charge is 2.29. The average Bonchev–Trinajstić information content (AvgIpc) is 2.84. The van der Waals surface area contributed by atoms with Crippen molar-refractivity contribution in [3.05, 3.63) is 82.9 Å². The second-order valence-corrected chi connectivity index (χ2v) is 9.88. The summed E-state index contributed by atoms with van der Waals surface area (Å²) in [7, 11) is -0.955. The largest absolute Gasteiger partial charge is 0.493 e. The van der Waals surface area contributed by atoms with Gasteiger partial charge in [-0.05, 0) is 61.4 Å². The first kappa shape index (κ1) is 25.4. The van der Waals surface area contributed by atoms with Gasteiger partial charge < -0.3 is 14.8 Å². The molecule has 1 N–H and O–H groups in total. The van der Waals surface area contributed by atoms with Crippen LogP contribution in [0.3, 0.4) is 0 Å². The molecular weight excluding hydrogens is 476 g/mol. The molecule has 0 fully saturated rings. The third kappa shape index (κ3) is 5.46. The summed E-state index contributed by atoms with van der Waals surface area (Å²) in [4.78, 5) is 13.1. The molecule has 0 heterocycles. The van der Waals surface area contributed by atoms with Gasteiger partial charge >= 0.3 is 0 Å². The average molecular weight is 503 g/mol. The van der Waals surface area contributed by atoms with Crippen molar-refractivity contribution < 1.29 is 22.7 Å². The molecule has 3 rings (SSSR count). The number of carbonyl (C=O) groups is 1. The molecular formula is C25H27ClN2O5S. The van der Waals surface area contributed by atoms with E-state index in [0.29, 0.717) is 27.8 Å². The van der Waals surface area contributed by atoms with Crippen LogP contribution in [-0.2, 0) is 14.8 Å². The fourth-order valence-corrected chi connectivity index (χ4v) is 5.18. The van der Waals surface area contributed by atoms with Gasteiger partial charge in [0.2, 0.25) is 5.91 Å². The zero-order chi connectivity index (χ0) is 24.9. The van der Waals surface area contributed by atoms with E-state index in [1.807, 2.05) is 6.07 Å². The second kappa shape index (κ2) is 10.8. The normalized spacial score (nSPS) is 12.0. The summed E-state index contributed by atoms with van der Waals surface area (Å²) in [5, 5.41) is 3.28. The Balaban J connectivity index is 1.91. The number of amides is 1. The van der Waals surface area contributed by atoms with Gasteiger partial charge in [-0.1, -0.05) is 41.9 Å². The number of rotatable bonds is 9. The lowest BCUT2D eigenvalue weighted by Crippen LogP contribution is -2.42. The van der Waals surface area contributed by atoms with Crippen LogP contribution in [0.1, 0.15) is 24.1 Å². The number of anilines is 1. The minimum absolute atomic E-state index is 0.0788. The van der Waals surface area contributed by atoms with Gasteiger partial charge in [-0.15, -0.1) is 0 Å². The van der Waals surface area contributed by atoms with Gasteiger partial charge in [-0.3, -0.25) is 9.10 Å². The van der Waals surface area contributed by atoms with Crippen LogP contribution < -0.4 is 19.1 Å². The van der Waals surface area contributed by atoms with E-state index in [-0.39, 0.29) is 4.90 Å². The first-order valence-corrected chi connectivity index (χ1v) is 12.3. The van der Waals surface area contributed by atoms with Gasteiger partial charge in [0.05, 0.1) is 30.8 Å². The first-order chi connectivity index (χ1) is 16.2. The molecule has 3 aromatic carbocycles. The summed E-state index contributed by atoms with van der Waals surface area (Å²) < 4.78 is 38.7. The molecule has 9 heteroatoms. The highest BCUT2D eigenvalue weighted by molar-refractivity contribution is 7.92.